The second kappa shape index (κ2) is 6.91. The van der Waals surface area contributed by atoms with Gasteiger partial charge in [-0.25, -0.2) is 9.51 Å². The SMILES string of the molecule is C=C(/N=C\C=C(/N)c1c(C(C)(C)C)nn2ccccc12)NC(C)C. The van der Waals surface area contributed by atoms with Crippen molar-refractivity contribution >= 4 is 17.4 Å². The number of rotatable bonds is 5. The van der Waals surface area contributed by atoms with Crippen LogP contribution in [0.2, 0.25) is 0 Å². The molecule has 0 aliphatic rings. The van der Waals surface area contributed by atoms with Crippen molar-refractivity contribution in [2.45, 2.75) is 46.1 Å². The Balaban J connectivity index is 2.41. The van der Waals surface area contributed by atoms with E-state index in [0.29, 0.717) is 17.6 Å². The van der Waals surface area contributed by atoms with E-state index < -0.39 is 0 Å². The molecule has 0 unspecified atom stereocenters. The summed E-state index contributed by atoms with van der Waals surface area (Å²) in [4.78, 5) is 4.27. The van der Waals surface area contributed by atoms with Gasteiger partial charge < -0.3 is 11.1 Å². The van der Waals surface area contributed by atoms with Gasteiger partial charge in [-0.15, -0.1) is 0 Å². The van der Waals surface area contributed by atoms with Gasteiger partial charge >= 0.3 is 0 Å². The van der Waals surface area contributed by atoms with E-state index in [1.807, 2.05) is 42.8 Å². The molecule has 0 fully saturated rings. The molecule has 0 amide bonds. The van der Waals surface area contributed by atoms with Crippen LogP contribution in [0.15, 0.2) is 47.9 Å². The molecule has 0 saturated carbocycles. The van der Waals surface area contributed by atoms with Gasteiger partial charge in [0.05, 0.1) is 11.2 Å². The number of aliphatic imine (C=N–C) groups is 1. The number of hydrogen-bond donors (Lipinski definition) is 2. The zero-order valence-electron chi connectivity index (χ0n) is 15.2. The maximum atomic E-state index is 6.36. The summed E-state index contributed by atoms with van der Waals surface area (Å²) in [5.74, 6) is 0.616. The number of allylic oxidation sites excluding steroid dienone is 1. The van der Waals surface area contributed by atoms with Crippen molar-refractivity contribution in [3.05, 3.63) is 54.1 Å². The van der Waals surface area contributed by atoms with Crippen LogP contribution in [0, 0.1) is 0 Å². The lowest BCUT2D eigenvalue weighted by Gasteiger charge is -2.17. The lowest BCUT2D eigenvalue weighted by atomic mass is 9.88. The van der Waals surface area contributed by atoms with E-state index in [9.17, 15) is 0 Å². The molecule has 0 atom stereocenters. The molecule has 3 N–H and O–H groups in total. The standard InChI is InChI=1S/C19H27N5/c1-13(2)22-14(3)21-11-10-15(20)17-16-9-7-8-12-24(16)23-18(17)19(4,5)6/h7-13,22H,3,20H2,1-2,4-6H3/b15-10-,21-11-. The van der Waals surface area contributed by atoms with Crippen LogP contribution in [0.3, 0.4) is 0 Å². The third-order valence-corrected chi connectivity index (χ3v) is 3.48. The van der Waals surface area contributed by atoms with Gasteiger partial charge in [-0.2, -0.15) is 5.10 Å². The molecule has 2 aromatic heterocycles. The van der Waals surface area contributed by atoms with Crippen LogP contribution in [-0.4, -0.2) is 21.9 Å². The van der Waals surface area contributed by atoms with Crippen molar-refractivity contribution in [3.8, 4) is 0 Å². The number of hydrogen-bond acceptors (Lipinski definition) is 4. The first kappa shape index (κ1) is 17.8. The number of nitrogens with two attached hydrogens (primary N) is 1. The highest BCUT2D eigenvalue weighted by Gasteiger charge is 2.24. The van der Waals surface area contributed by atoms with Crippen molar-refractivity contribution in [2.24, 2.45) is 10.7 Å². The predicted molar refractivity (Wildman–Crippen MR) is 102 cm³/mol. The summed E-state index contributed by atoms with van der Waals surface area (Å²) in [5.41, 5.74) is 9.80. The summed E-state index contributed by atoms with van der Waals surface area (Å²) < 4.78 is 1.87. The van der Waals surface area contributed by atoms with Gasteiger partial charge in [-0.05, 0) is 32.1 Å². The van der Waals surface area contributed by atoms with E-state index >= 15 is 0 Å². The topological polar surface area (TPSA) is 67.7 Å². The summed E-state index contributed by atoms with van der Waals surface area (Å²) in [7, 11) is 0. The van der Waals surface area contributed by atoms with Gasteiger partial charge in [-0.1, -0.05) is 33.4 Å². The highest BCUT2D eigenvalue weighted by atomic mass is 15.2. The van der Waals surface area contributed by atoms with Crippen LogP contribution in [0.25, 0.3) is 11.2 Å². The van der Waals surface area contributed by atoms with Crippen LogP contribution < -0.4 is 11.1 Å². The number of pyridine rings is 1. The highest BCUT2D eigenvalue weighted by Crippen LogP contribution is 2.30. The number of nitrogens with zero attached hydrogens (tertiary/aromatic N) is 3. The molecule has 0 radical (unpaired) electrons. The molecule has 0 bridgehead atoms. The van der Waals surface area contributed by atoms with E-state index in [2.05, 4.69) is 37.7 Å². The lowest BCUT2D eigenvalue weighted by Crippen LogP contribution is -2.20. The number of nitrogens with one attached hydrogen (secondary N) is 1. The van der Waals surface area contributed by atoms with Crippen molar-refractivity contribution in [3.63, 3.8) is 0 Å². The predicted octanol–water partition coefficient (Wildman–Crippen LogP) is 3.47. The van der Waals surface area contributed by atoms with Crippen molar-refractivity contribution in [1.82, 2.24) is 14.9 Å². The molecule has 0 aliphatic heterocycles. The molecule has 0 spiro atoms. The molecular formula is C19H27N5. The minimum atomic E-state index is -0.111. The van der Waals surface area contributed by atoms with E-state index in [4.69, 9.17) is 10.8 Å². The third-order valence-electron chi connectivity index (χ3n) is 3.48. The molecule has 128 valence electrons. The Morgan fingerprint density at radius 1 is 1.38 bits per heavy atom. The molecule has 2 rings (SSSR count). The maximum absolute atomic E-state index is 6.36. The molecule has 0 saturated heterocycles. The summed E-state index contributed by atoms with van der Waals surface area (Å²) in [6.07, 6.45) is 5.40. The van der Waals surface area contributed by atoms with E-state index in [-0.39, 0.29) is 5.41 Å². The quantitative estimate of drug-likeness (QED) is 0.827. The summed E-state index contributed by atoms with van der Waals surface area (Å²) in [5, 5.41) is 7.85. The third kappa shape index (κ3) is 4.04. The normalized spacial score (nSPS) is 13.2. The molecule has 2 aromatic rings. The molecule has 5 nitrogen and oxygen atoms in total. The fraction of sp³-hybridized carbons (Fsp3) is 0.368. The van der Waals surface area contributed by atoms with Gasteiger partial charge in [0.15, 0.2) is 0 Å². The second-order valence-electron chi connectivity index (χ2n) is 7.15. The summed E-state index contributed by atoms with van der Waals surface area (Å²) in [6, 6.07) is 6.26. The van der Waals surface area contributed by atoms with Crippen LogP contribution in [0.5, 0.6) is 0 Å². The van der Waals surface area contributed by atoms with Crippen LogP contribution in [0.4, 0.5) is 0 Å². The van der Waals surface area contributed by atoms with Gasteiger partial charge in [0.25, 0.3) is 0 Å². The Morgan fingerprint density at radius 2 is 2.08 bits per heavy atom. The largest absolute Gasteiger partial charge is 0.398 e. The fourth-order valence-electron chi connectivity index (χ4n) is 2.47. The Morgan fingerprint density at radius 3 is 2.71 bits per heavy atom. The zero-order chi connectivity index (χ0) is 17.9. The Labute approximate surface area is 144 Å². The van der Waals surface area contributed by atoms with Gasteiger partial charge in [0.1, 0.15) is 5.82 Å². The number of aromatic nitrogens is 2. The monoisotopic (exact) mass is 325 g/mol. The molecule has 24 heavy (non-hydrogen) atoms. The van der Waals surface area contributed by atoms with Gasteiger partial charge in [-0.3, -0.25) is 0 Å². The van der Waals surface area contributed by atoms with Crippen LogP contribution in [0.1, 0.15) is 45.9 Å². The second-order valence-corrected chi connectivity index (χ2v) is 7.15. The minimum absolute atomic E-state index is 0.111. The minimum Gasteiger partial charge on any atom is -0.398 e. The maximum Gasteiger partial charge on any atom is 0.118 e. The Kier molecular flexibility index (Phi) is 5.12. The summed E-state index contributed by atoms with van der Waals surface area (Å²) >= 11 is 0. The molecule has 0 aromatic carbocycles. The van der Waals surface area contributed by atoms with Crippen molar-refractivity contribution in [1.29, 1.82) is 0 Å². The van der Waals surface area contributed by atoms with Crippen LogP contribution >= 0.6 is 0 Å². The van der Waals surface area contributed by atoms with Crippen LogP contribution in [-0.2, 0) is 5.41 Å². The first-order valence-electron chi connectivity index (χ1n) is 8.13. The van der Waals surface area contributed by atoms with Gasteiger partial charge in [0.2, 0.25) is 0 Å². The average molecular weight is 325 g/mol. The lowest BCUT2D eigenvalue weighted by molar-refractivity contribution is 0.561. The molecule has 5 heteroatoms. The Bertz CT molecular complexity index is 788. The molecular weight excluding hydrogens is 298 g/mol. The smallest absolute Gasteiger partial charge is 0.118 e. The summed E-state index contributed by atoms with van der Waals surface area (Å²) in [6.45, 7) is 14.3. The zero-order valence-corrected chi connectivity index (χ0v) is 15.2. The Hall–Kier alpha value is -2.56. The first-order chi connectivity index (χ1) is 11.2. The van der Waals surface area contributed by atoms with E-state index in [0.717, 1.165) is 16.8 Å². The first-order valence-corrected chi connectivity index (χ1v) is 8.13. The molecule has 0 aliphatic carbocycles. The fourth-order valence-corrected chi connectivity index (χ4v) is 2.47. The van der Waals surface area contributed by atoms with E-state index in [1.165, 1.54) is 0 Å². The highest BCUT2D eigenvalue weighted by molar-refractivity contribution is 5.89. The van der Waals surface area contributed by atoms with E-state index in [1.54, 1.807) is 12.3 Å². The van der Waals surface area contributed by atoms with Crippen molar-refractivity contribution in [2.75, 3.05) is 0 Å². The molecule has 2 heterocycles. The van der Waals surface area contributed by atoms with Gasteiger partial charge in [0, 0.05) is 35.1 Å². The number of fused-ring (bicyclic) bond motifs is 1. The van der Waals surface area contributed by atoms with Crippen molar-refractivity contribution < 1.29 is 0 Å². The average Bonchev–Trinajstić information content (AvgIpc) is 2.85.